The highest BCUT2D eigenvalue weighted by molar-refractivity contribution is 7.82. The van der Waals surface area contributed by atoms with Crippen molar-refractivity contribution >= 4 is 59.4 Å². The zero-order valence-corrected chi connectivity index (χ0v) is 51.9. The summed E-state index contributed by atoms with van der Waals surface area (Å²) in [6, 6.07) is 57.1. The lowest BCUT2D eigenvalue weighted by Crippen LogP contribution is -2.25. The Bertz CT molecular complexity index is 3580. The number of esters is 4. The summed E-state index contributed by atoms with van der Waals surface area (Å²) in [5, 5.41) is 2.17. The van der Waals surface area contributed by atoms with Gasteiger partial charge in [-0.25, -0.2) is 19.2 Å². The Morgan fingerprint density at radius 2 is 0.422 bits per heavy atom. The first-order valence-electron chi connectivity index (χ1n) is 29.0. The molecule has 0 aliphatic carbocycles. The first-order chi connectivity index (χ1) is 43.7. The molecule has 8 aromatic carbocycles. The van der Waals surface area contributed by atoms with Gasteiger partial charge in [0.25, 0.3) is 0 Å². The molecule has 0 atom stereocenters. The van der Waals surface area contributed by atoms with Crippen LogP contribution in [0.2, 0.25) is 0 Å². The van der Waals surface area contributed by atoms with E-state index in [9.17, 15) is 19.2 Å². The van der Waals surface area contributed by atoms with Crippen molar-refractivity contribution in [1.82, 2.24) is 0 Å². The van der Waals surface area contributed by atoms with Crippen LogP contribution in [-0.4, -0.2) is 89.1 Å². The normalized spacial score (nSPS) is 10.6. The van der Waals surface area contributed by atoms with E-state index in [2.05, 4.69) is 47.4 Å². The van der Waals surface area contributed by atoms with Gasteiger partial charge >= 0.3 is 23.9 Å². The summed E-state index contributed by atoms with van der Waals surface area (Å²) < 4.78 is 74.4. The molecular formula is C74H64O14P2. The summed E-state index contributed by atoms with van der Waals surface area (Å²) in [4.78, 5) is 47.2. The highest BCUT2D eigenvalue weighted by Gasteiger charge is 2.34. The number of benzene rings is 8. The average molecular weight is 1240 g/mol. The molecule has 14 nitrogen and oxygen atoms in total. The number of carbonyl (C=O) groups is 4. The van der Waals surface area contributed by atoms with E-state index in [-0.39, 0.29) is 65.2 Å². The molecule has 0 saturated carbocycles. The summed E-state index contributed by atoms with van der Waals surface area (Å²) in [6.07, 6.45) is 0.0230. The van der Waals surface area contributed by atoms with Gasteiger partial charge < -0.3 is 47.0 Å². The quantitative estimate of drug-likeness (QED) is 0.0256. The zero-order valence-electron chi connectivity index (χ0n) is 50.2. The molecule has 0 aliphatic heterocycles. The minimum Gasteiger partial charge on any atom is -0.482 e. The molecule has 90 heavy (non-hydrogen) atoms. The molecule has 8 rings (SSSR count). The molecule has 0 unspecified atom stereocenters. The minimum atomic E-state index is -3.62. The lowest BCUT2D eigenvalue weighted by atomic mass is 10.2. The molecule has 16 heteroatoms. The van der Waals surface area contributed by atoms with Crippen LogP contribution in [0, 0.1) is 47.4 Å². The van der Waals surface area contributed by atoms with Crippen LogP contribution in [0.3, 0.4) is 0 Å². The van der Waals surface area contributed by atoms with Crippen LogP contribution in [0.4, 0.5) is 0 Å². The summed E-state index contributed by atoms with van der Waals surface area (Å²) in [5.41, 5.74) is 5.51. The first-order valence-corrected chi connectivity index (χ1v) is 32.7. The van der Waals surface area contributed by atoms with Crippen LogP contribution >= 0.6 is 14.3 Å². The largest absolute Gasteiger partial charge is 0.482 e. The fourth-order valence-electron chi connectivity index (χ4n) is 8.73. The Hall–Kier alpha value is -10.5. The molecule has 0 bridgehead atoms. The van der Waals surface area contributed by atoms with E-state index in [0.29, 0.717) is 88.7 Å². The van der Waals surface area contributed by atoms with Gasteiger partial charge in [0.15, 0.2) is 26.4 Å². The van der Waals surface area contributed by atoms with Gasteiger partial charge in [-0.1, -0.05) is 47.4 Å². The maximum Gasteiger partial charge on any atom is 0.344 e. The molecule has 0 heterocycles. The predicted octanol–water partition coefficient (Wildman–Crippen LogP) is 10.4. The van der Waals surface area contributed by atoms with Crippen molar-refractivity contribution in [3.05, 3.63) is 239 Å². The topological polar surface area (TPSA) is 176 Å². The number of hydrogen-bond acceptors (Lipinski definition) is 14. The van der Waals surface area contributed by atoms with E-state index >= 15 is 9.13 Å². The van der Waals surface area contributed by atoms with Gasteiger partial charge in [-0.2, -0.15) is 0 Å². The highest BCUT2D eigenvalue weighted by atomic mass is 31.2. The van der Waals surface area contributed by atoms with E-state index < -0.39 is 38.2 Å². The third kappa shape index (κ3) is 19.5. The minimum absolute atomic E-state index is 0.0115. The van der Waals surface area contributed by atoms with Crippen molar-refractivity contribution in [2.24, 2.45) is 0 Å². The van der Waals surface area contributed by atoms with Crippen molar-refractivity contribution in [2.45, 2.75) is 27.7 Å². The van der Waals surface area contributed by atoms with Gasteiger partial charge in [-0.05, 0) is 222 Å². The Morgan fingerprint density at radius 3 is 0.578 bits per heavy atom. The van der Waals surface area contributed by atoms with Crippen LogP contribution in [0.5, 0.6) is 23.0 Å². The Labute approximate surface area is 524 Å². The third-order valence-electron chi connectivity index (χ3n) is 13.3. The predicted molar refractivity (Wildman–Crippen MR) is 347 cm³/mol. The zero-order chi connectivity index (χ0) is 63.6. The summed E-state index contributed by atoms with van der Waals surface area (Å²) in [5.74, 6) is 25.6. The van der Waals surface area contributed by atoms with Crippen LogP contribution in [0.15, 0.2) is 194 Å². The smallest absolute Gasteiger partial charge is 0.344 e. The van der Waals surface area contributed by atoms with Crippen LogP contribution in [0.1, 0.15) is 72.2 Å². The maximum absolute atomic E-state index is 16.2. The Kier molecular flexibility index (Phi) is 24.1. The molecule has 0 N–H and O–H groups in total. The van der Waals surface area contributed by atoms with Gasteiger partial charge in [0, 0.05) is 78.0 Å². The van der Waals surface area contributed by atoms with E-state index in [0.717, 1.165) is 0 Å². The monoisotopic (exact) mass is 1240 g/mol. The Balaban J connectivity index is 1.09. The molecule has 0 amide bonds. The summed E-state index contributed by atoms with van der Waals surface area (Å²) in [7, 11) is -7.23. The molecule has 0 radical (unpaired) electrons. The number of rotatable bonds is 23. The summed E-state index contributed by atoms with van der Waals surface area (Å²) >= 11 is 0. The lowest BCUT2D eigenvalue weighted by molar-refractivity contribution is -0.146. The van der Waals surface area contributed by atoms with Crippen molar-refractivity contribution in [3.8, 4) is 70.4 Å². The van der Waals surface area contributed by atoms with Gasteiger partial charge in [-0.3, -0.25) is 0 Å². The number of carbonyl (C=O) groups excluding carboxylic acids is 4. The fourth-order valence-corrected chi connectivity index (χ4v) is 15.1. The second-order valence-electron chi connectivity index (χ2n) is 19.6. The molecule has 454 valence electrons. The highest BCUT2D eigenvalue weighted by Crippen LogP contribution is 2.51. The van der Waals surface area contributed by atoms with Crippen molar-refractivity contribution in [3.63, 3.8) is 0 Å². The van der Waals surface area contributed by atoms with Gasteiger partial charge in [-0.15, -0.1) is 0 Å². The Morgan fingerprint density at radius 1 is 0.267 bits per heavy atom. The second kappa shape index (κ2) is 33.0. The van der Waals surface area contributed by atoms with E-state index in [1.807, 2.05) is 97.1 Å². The van der Waals surface area contributed by atoms with Gasteiger partial charge in [0.2, 0.25) is 0 Å². The van der Waals surface area contributed by atoms with Crippen LogP contribution < -0.4 is 40.2 Å². The average Bonchev–Trinajstić information content (AvgIpc) is 0.925. The molecule has 0 fully saturated rings. The van der Waals surface area contributed by atoms with E-state index in [4.69, 9.17) is 37.9 Å². The third-order valence-corrected chi connectivity index (χ3v) is 19.9. The van der Waals surface area contributed by atoms with Crippen molar-refractivity contribution in [2.75, 3.05) is 65.2 Å². The van der Waals surface area contributed by atoms with Crippen molar-refractivity contribution < 1.29 is 66.2 Å². The number of hydrogen-bond donors (Lipinski definition) is 0. The molecule has 0 saturated heterocycles. The number of ether oxygens (including phenoxy) is 8. The fraction of sp³-hybridized carbons (Fsp3) is 0.189. The van der Waals surface area contributed by atoms with Gasteiger partial charge in [0.1, 0.15) is 37.3 Å². The lowest BCUT2D eigenvalue weighted by Gasteiger charge is -2.24. The van der Waals surface area contributed by atoms with Gasteiger partial charge in [0.05, 0.1) is 26.4 Å². The molecule has 0 aromatic heterocycles. The molecular weight excluding hydrogens is 1170 g/mol. The molecule has 8 aromatic rings. The van der Waals surface area contributed by atoms with E-state index in [1.165, 1.54) is 0 Å². The van der Waals surface area contributed by atoms with E-state index in [1.54, 1.807) is 125 Å². The SMILES string of the molecule is CCOC(=O)COc1ccc(C#Cc2ccc(P(=O)(CCP(=O)(c3ccc(C#Cc4ccc(OCC(=O)OCC)cc4)cc3)c3ccc(C#Cc4ccc(OCC(=O)OCC)cc4)cc3)c3ccc(C#Cc4ccc(OCC(=O)OCC)cc4)cc3)cc2)cc1. The maximum atomic E-state index is 16.2. The van der Waals surface area contributed by atoms with Crippen LogP contribution in [-0.2, 0) is 47.3 Å². The summed E-state index contributed by atoms with van der Waals surface area (Å²) in [6.45, 7) is 7.13. The van der Waals surface area contributed by atoms with Crippen LogP contribution in [0.25, 0.3) is 0 Å². The standard InChI is InChI=1S/C74H64O14P2/c1-5-81-71(75)51-85-63-33-17-55(18-34-63)9-13-59-25-41-67(42-26-59)89(79,68-43-27-60(28-44-68)14-10-56-19-35-64(36-20-56)86-52-72(76)82-6-2)49-50-90(80,69-45-29-61(30-46-69)15-11-57-21-37-65(38-22-57)87-53-73(77)83-7-3)70-47-31-62(32-48-70)16-12-58-23-39-66(40-24-58)88-54-74(78)84-8-4/h17-48H,5-8,49-54H2,1-4H3. The molecule has 0 aliphatic rings. The molecule has 0 spiro atoms. The van der Waals surface area contributed by atoms with Crippen molar-refractivity contribution in [1.29, 1.82) is 0 Å². The second-order valence-corrected chi connectivity index (χ2v) is 25.5. The first kappa shape index (κ1) is 65.5.